The molecule has 0 bridgehead atoms. The molecule has 2 heterocycles. The van der Waals surface area contributed by atoms with Crippen LogP contribution in [0.5, 0.6) is 0 Å². The first-order chi connectivity index (χ1) is 16.9. The standard InChI is InChI=1S/C26H33F2N5O2/c1-15-4-2-5-18(30-15)12-23(21(29)14-34)31-26(35)19-6-3-7-20(28)25(19)24-13-22(32-33-24)16-8-10-17(27)11-9-16/h5,8-11,13,15,19-20,23,25,29-30,34H,2-4,6-7,12,14H2,1H3,(H,31,35)(H,32,33)/t15?,19?,20?,23-,25+/m0/s1. The Morgan fingerprint density at radius 1 is 1.29 bits per heavy atom. The van der Waals surface area contributed by atoms with E-state index < -0.39 is 30.7 Å². The second-order valence-electron chi connectivity index (χ2n) is 9.60. The number of allylic oxidation sites excluding steroid dienone is 1. The van der Waals surface area contributed by atoms with E-state index >= 15 is 4.39 Å². The van der Waals surface area contributed by atoms with Crippen LogP contribution in [0.15, 0.2) is 42.1 Å². The number of nitrogens with zero attached hydrogens (tertiary/aromatic N) is 1. The first-order valence-electron chi connectivity index (χ1n) is 12.2. The molecule has 1 aromatic heterocycles. The number of benzene rings is 1. The lowest BCUT2D eigenvalue weighted by Gasteiger charge is -2.34. The average Bonchev–Trinajstić information content (AvgIpc) is 3.33. The van der Waals surface area contributed by atoms with Crippen LogP contribution in [0.4, 0.5) is 8.78 Å². The lowest BCUT2D eigenvalue weighted by molar-refractivity contribution is -0.127. The molecule has 5 atom stereocenters. The van der Waals surface area contributed by atoms with Gasteiger partial charge in [0.05, 0.1) is 24.1 Å². The Bertz CT molecular complexity index is 1070. The first kappa shape index (κ1) is 25.0. The fourth-order valence-electron chi connectivity index (χ4n) is 5.09. The summed E-state index contributed by atoms with van der Waals surface area (Å²) >= 11 is 0. The van der Waals surface area contributed by atoms with Crippen LogP contribution >= 0.6 is 0 Å². The molecule has 9 heteroatoms. The topological polar surface area (TPSA) is 114 Å². The maximum atomic E-state index is 15.2. The van der Waals surface area contributed by atoms with Crippen LogP contribution in [0, 0.1) is 17.1 Å². The number of hydrogen-bond donors (Lipinski definition) is 5. The molecule has 1 saturated carbocycles. The van der Waals surface area contributed by atoms with Crippen LogP contribution in [0.1, 0.15) is 57.1 Å². The highest BCUT2D eigenvalue weighted by atomic mass is 19.1. The summed E-state index contributed by atoms with van der Waals surface area (Å²) in [4.78, 5) is 13.4. The zero-order chi connectivity index (χ0) is 24.9. The van der Waals surface area contributed by atoms with Crippen molar-refractivity contribution in [2.24, 2.45) is 5.92 Å². The SMILES string of the molecule is CC1CCC=C(C[C@H](NC(=O)C2CCCC(F)[C@@H]2c2cc(-c3ccc(F)cc3)n[nH]2)C(=N)CO)N1. The summed E-state index contributed by atoms with van der Waals surface area (Å²) in [5.41, 5.74) is 2.73. The second-order valence-corrected chi connectivity index (χ2v) is 9.60. The van der Waals surface area contributed by atoms with Crippen molar-refractivity contribution >= 4 is 11.6 Å². The van der Waals surface area contributed by atoms with Crippen LogP contribution < -0.4 is 10.6 Å². The van der Waals surface area contributed by atoms with Crippen molar-refractivity contribution in [2.45, 2.75) is 69.6 Å². The van der Waals surface area contributed by atoms with Crippen LogP contribution in [0.25, 0.3) is 11.3 Å². The molecule has 1 aromatic carbocycles. The molecular weight excluding hydrogens is 452 g/mol. The maximum Gasteiger partial charge on any atom is 0.224 e. The van der Waals surface area contributed by atoms with E-state index in [9.17, 15) is 14.3 Å². The number of aliphatic hydroxyl groups is 1. The Hall–Kier alpha value is -3.07. The lowest BCUT2D eigenvalue weighted by atomic mass is 9.75. The molecule has 2 aliphatic rings. The molecule has 5 N–H and O–H groups in total. The Kier molecular flexibility index (Phi) is 7.95. The number of amides is 1. The molecule has 3 unspecified atom stereocenters. The zero-order valence-corrected chi connectivity index (χ0v) is 19.9. The van der Waals surface area contributed by atoms with Crippen LogP contribution in [0.3, 0.4) is 0 Å². The number of aromatic nitrogens is 2. The summed E-state index contributed by atoms with van der Waals surface area (Å²) in [6.07, 6.45) is 4.60. The summed E-state index contributed by atoms with van der Waals surface area (Å²) in [6.45, 7) is 1.62. The van der Waals surface area contributed by atoms with Crippen LogP contribution in [-0.2, 0) is 4.79 Å². The molecule has 4 rings (SSSR count). The molecule has 35 heavy (non-hydrogen) atoms. The van der Waals surface area contributed by atoms with E-state index in [0.29, 0.717) is 48.7 Å². The van der Waals surface area contributed by atoms with Crippen molar-refractivity contribution in [1.29, 1.82) is 5.41 Å². The fraction of sp³-hybridized carbons (Fsp3) is 0.500. The third kappa shape index (κ3) is 5.96. The smallest absolute Gasteiger partial charge is 0.224 e. The third-order valence-corrected chi connectivity index (χ3v) is 7.01. The van der Waals surface area contributed by atoms with Crippen molar-refractivity contribution in [1.82, 2.24) is 20.8 Å². The summed E-state index contributed by atoms with van der Waals surface area (Å²) in [5.74, 6) is -2.03. The van der Waals surface area contributed by atoms with Gasteiger partial charge in [0, 0.05) is 41.3 Å². The number of nitrogens with one attached hydrogen (secondary N) is 4. The van der Waals surface area contributed by atoms with Gasteiger partial charge in [-0.15, -0.1) is 0 Å². The average molecular weight is 486 g/mol. The third-order valence-electron chi connectivity index (χ3n) is 7.01. The summed E-state index contributed by atoms with van der Waals surface area (Å²) in [5, 5.41) is 31.3. The summed E-state index contributed by atoms with van der Waals surface area (Å²) in [6, 6.07) is 7.24. The monoisotopic (exact) mass is 485 g/mol. The van der Waals surface area contributed by atoms with Gasteiger partial charge in [0.2, 0.25) is 5.91 Å². The molecule has 1 amide bonds. The van der Waals surface area contributed by atoms with Gasteiger partial charge in [0.15, 0.2) is 0 Å². The van der Waals surface area contributed by atoms with Gasteiger partial charge >= 0.3 is 0 Å². The first-order valence-corrected chi connectivity index (χ1v) is 12.2. The number of aliphatic hydroxyl groups excluding tert-OH is 1. The van der Waals surface area contributed by atoms with E-state index in [1.54, 1.807) is 18.2 Å². The minimum absolute atomic E-state index is 0.0172. The van der Waals surface area contributed by atoms with Crippen LogP contribution in [0.2, 0.25) is 0 Å². The highest BCUT2D eigenvalue weighted by Gasteiger charge is 2.40. The van der Waals surface area contributed by atoms with Gasteiger partial charge in [0.1, 0.15) is 12.0 Å². The van der Waals surface area contributed by atoms with Crippen molar-refractivity contribution in [2.75, 3.05) is 6.61 Å². The van der Waals surface area contributed by atoms with Crippen molar-refractivity contribution in [3.8, 4) is 11.3 Å². The number of halogens is 2. The minimum atomic E-state index is -1.22. The van der Waals surface area contributed by atoms with Crippen molar-refractivity contribution < 1.29 is 18.7 Å². The highest BCUT2D eigenvalue weighted by molar-refractivity contribution is 5.92. The van der Waals surface area contributed by atoms with Gasteiger partial charge in [-0.05, 0) is 69.4 Å². The van der Waals surface area contributed by atoms with E-state index in [1.807, 2.05) is 0 Å². The Morgan fingerprint density at radius 3 is 2.77 bits per heavy atom. The van der Waals surface area contributed by atoms with Gasteiger partial charge in [-0.25, -0.2) is 8.78 Å². The summed E-state index contributed by atoms with van der Waals surface area (Å²) in [7, 11) is 0. The molecule has 7 nitrogen and oxygen atoms in total. The molecule has 2 aromatic rings. The van der Waals surface area contributed by atoms with Crippen molar-refractivity contribution in [3.63, 3.8) is 0 Å². The van der Waals surface area contributed by atoms with E-state index in [1.165, 1.54) is 12.1 Å². The zero-order valence-electron chi connectivity index (χ0n) is 19.9. The lowest BCUT2D eigenvalue weighted by Crippen LogP contribution is -2.48. The van der Waals surface area contributed by atoms with Gasteiger partial charge in [0.25, 0.3) is 0 Å². The largest absolute Gasteiger partial charge is 0.390 e. The van der Waals surface area contributed by atoms with E-state index in [-0.39, 0.29) is 17.4 Å². The minimum Gasteiger partial charge on any atom is -0.390 e. The van der Waals surface area contributed by atoms with E-state index in [0.717, 1.165) is 18.5 Å². The Labute approximate surface area is 203 Å². The molecule has 0 radical (unpaired) electrons. The molecule has 1 aliphatic carbocycles. The number of rotatable bonds is 8. The number of alkyl halides is 1. The van der Waals surface area contributed by atoms with Gasteiger partial charge in [-0.3, -0.25) is 9.89 Å². The van der Waals surface area contributed by atoms with E-state index in [4.69, 9.17) is 5.41 Å². The summed E-state index contributed by atoms with van der Waals surface area (Å²) < 4.78 is 28.5. The second kappa shape index (κ2) is 11.1. The van der Waals surface area contributed by atoms with Crippen LogP contribution in [-0.4, -0.2) is 51.8 Å². The molecule has 1 fully saturated rings. The van der Waals surface area contributed by atoms with Gasteiger partial charge < -0.3 is 21.1 Å². The molecular formula is C26H33F2N5O2. The number of H-pyrrole nitrogens is 1. The van der Waals surface area contributed by atoms with Gasteiger partial charge in [-0.1, -0.05) is 6.08 Å². The van der Waals surface area contributed by atoms with Gasteiger partial charge in [-0.2, -0.15) is 5.10 Å². The van der Waals surface area contributed by atoms with E-state index in [2.05, 4.69) is 33.8 Å². The Morgan fingerprint density at radius 2 is 2.06 bits per heavy atom. The number of carbonyl (C=O) groups is 1. The highest BCUT2D eigenvalue weighted by Crippen LogP contribution is 2.40. The molecule has 0 saturated heterocycles. The fourth-order valence-corrected chi connectivity index (χ4v) is 5.09. The Balaban J connectivity index is 1.52. The predicted octanol–water partition coefficient (Wildman–Crippen LogP) is 3.98. The van der Waals surface area contributed by atoms with Crippen molar-refractivity contribution in [3.05, 3.63) is 53.6 Å². The molecule has 1 aliphatic heterocycles. The normalized spacial score (nSPS) is 25.3. The number of hydrogen-bond acceptors (Lipinski definition) is 5. The molecule has 0 spiro atoms. The predicted molar refractivity (Wildman–Crippen MR) is 130 cm³/mol. The number of carbonyl (C=O) groups excluding carboxylic acids is 1. The number of aromatic amines is 1. The quantitative estimate of drug-likeness (QED) is 0.364. The maximum absolute atomic E-state index is 15.2. The molecule has 188 valence electrons.